The zero-order valence-corrected chi connectivity index (χ0v) is 15.8. The van der Waals surface area contributed by atoms with E-state index in [-0.39, 0.29) is 5.97 Å². The molecule has 0 aliphatic heterocycles. The number of ether oxygens (including phenoxy) is 2. The maximum atomic E-state index is 11.3. The molecule has 0 amide bonds. The van der Waals surface area contributed by atoms with Gasteiger partial charge in [0.1, 0.15) is 5.75 Å². The molecule has 0 spiro atoms. The summed E-state index contributed by atoms with van der Waals surface area (Å²) in [4.78, 5) is 22.4. The standard InChI is InChI=1S/C23H24O4/c1-5-22(24)26-13-7-8-18-9-11-20(16(3)14-18)21-12-10-19(15-17(21)4)27-23(25)6-2/h5-6,9-12,14-15H,1-2,7-8,13H2,3-4H3. The molecule has 0 radical (unpaired) electrons. The Balaban J connectivity index is 2.08. The van der Waals surface area contributed by atoms with Crippen LogP contribution in [0.2, 0.25) is 0 Å². The van der Waals surface area contributed by atoms with Gasteiger partial charge in [0.25, 0.3) is 0 Å². The Hall–Kier alpha value is -3.14. The van der Waals surface area contributed by atoms with Crippen LogP contribution in [0.1, 0.15) is 23.1 Å². The summed E-state index contributed by atoms with van der Waals surface area (Å²) in [6.45, 7) is 11.2. The lowest BCUT2D eigenvalue weighted by atomic mass is 9.94. The van der Waals surface area contributed by atoms with Crippen LogP contribution in [0.4, 0.5) is 0 Å². The van der Waals surface area contributed by atoms with Gasteiger partial charge in [-0.2, -0.15) is 0 Å². The van der Waals surface area contributed by atoms with Gasteiger partial charge < -0.3 is 9.47 Å². The fourth-order valence-corrected chi connectivity index (χ4v) is 2.85. The Morgan fingerprint density at radius 1 is 0.926 bits per heavy atom. The van der Waals surface area contributed by atoms with Crippen LogP contribution in [0.15, 0.2) is 61.7 Å². The van der Waals surface area contributed by atoms with E-state index in [1.165, 1.54) is 11.6 Å². The van der Waals surface area contributed by atoms with E-state index in [1.54, 1.807) is 6.07 Å². The van der Waals surface area contributed by atoms with Gasteiger partial charge in [-0.05, 0) is 66.6 Å². The van der Waals surface area contributed by atoms with Gasteiger partial charge in [-0.15, -0.1) is 0 Å². The smallest absolute Gasteiger partial charge is 0.335 e. The van der Waals surface area contributed by atoms with Crippen molar-refractivity contribution in [3.05, 3.63) is 78.4 Å². The molecule has 0 heterocycles. The zero-order valence-electron chi connectivity index (χ0n) is 15.8. The molecule has 4 nitrogen and oxygen atoms in total. The number of aryl methyl sites for hydroxylation is 3. The lowest BCUT2D eigenvalue weighted by Crippen LogP contribution is -2.03. The molecule has 0 saturated heterocycles. The van der Waals surface area contributed by atoms with Crippen molar-refractivity contribution in [2.75, 3.05) is 6.61 Å². The number of benzene rings is 2. The summed E-state index contributed by atoms with van der Waals surface area (Å²) in [5.41, 5.74) is 5.61. The number of hydrogen-bond acceptors (Lipinski definition) is 4. The molecule has 0 fully saturated rings. The molecule has 2 aromatic rings. The number of carbonyl (C=O) groups excluding carboxylic acids is 2. The quantitative estimate of drug-likeness (QED) is 0.294. The highest BCUT2D eigenvalue weighted by Gasteiger charge is 2.09. The number of esters is 2. The summed E-state index contributed by atoms with van der Waals surface area (Å²) < 4.78 is 10.2. The average molecular weight is 364 g/mol. The highest BCUT2D eigenvalue weighted by Crippen LogP contribution is 2.30. The van der Waals surface area contributed by atoms with Crippen LogP contribution in [-0.2, 0) is 20.7 Å². The first kappa shape index (κ1) is 20.2. The Bertz CT molecular complexity index is 865. The molecule has 0 N–H and O–H groups in total. The molecular weight excluding hydrogens is 340 g/mol. The average Bonchev–Trinajstić information content (AvgIpc) is 2.65. The number of rotatable bonds is 8. The maximum absolute atomic E-state index is 11.3. The van der Waals surface area contributed by atoms with E-state index in [9.17, 15) is 9.59 Å². The normalized spacial score (nSPS) is 10.1. The second kappa shape index (κ2) is 9.53. The number of carbonyl (C=O) groups is 2. The first-order chi connectivity index (χ1) is 12.9. The summed E-state index contributed by atoms with van der Waals surface area (Å²) in [7, 11) is 0. The van der Waals surface area contributed by atoms with Gasteiger partial charge in [-0.1, -0.05) is 37.4 Å². The molecule has 140 valence electrons. The molecule has 0 unspecified atom stereocenters. The van der Waals surface area contributed by atoms with Crippen molar-refractivity contribution in [1.82, 2.24) is 0 Å². The van der Waals surface area contributed by atoms with E-state index in [1.807, 2.05) is 19.1 Å². The summed E-state index contributed by atoms with van der Waals surface area (Å²) in [6, 6.07) is 11.9. The summed E-state index contributed by atoms with van der Waals surface area (Å²) in [6.07, 6.45) is 3.91. The molecule has 0 aliphatic rings. The van der Waals surface area contributed by atoms with Crippen molar-refractivity contribution >= 4 is 11.9 Å². The summed E-state index contributed by atoms with van der Waals surface area (Å²) >= 11 is 0. The molecule has 27 heavy (non-hydrogen) atoms. The Kier molecular flexibility index (Phi) is 7.12. The molecule has 0 aliphatic carbocycles. The van der Waals surface area contributed by atoms with E-state index in [0.29, 0.717) is 12.4 Å². The van der Waals surface area contributed by atoms with Gasteiger partial charge in [0, 0.05) is 12.2 Å². The lowest BCUT2D eigenvalue weighted by Gasteiger charge is -2.13. The van der Waals surface area contributed by atoms with Crippen molar-refractivity contribution in [2.45, 2.75) is 26.7 Å². The third-order valence-corrected chi connectivity index (χ3v) is 4.18. The van der Waals surface area contributed by atoms with Gasteiger partial charge in [0.2, 0.25) is 0 Å². The van der Waals surface area contributed by atoms with E-state index in [0.717, 1.165) is 41.2 Å². The SMILES string of the molecule is C=CC(=O)OCCCc1ccc(-c2ccc(OC(=O)C=C)cc2C)c(C)c1. The highest BCUT2D eigenvalue weighted by atomic mass is 16.5. The molecular formula is C23H24O4. The first-order valence-corrected chi connectivity index (χ1v) is 8.78. The second-order valence-electron chi connectivity index (χ2n) is 6.23. The van der Waals surface area contributed by atoms with Crippen LogP contribution in [0.3, 0.4) is 0 Å². The monoisotopic (exact) mass is 364 g/mol. The topological polar surface area (TPSA) is 52.6 Å². The van der Waals surface area contributed by atoms with Crippen molar-refractivity contribution in [3.8, 4) is 16.9 Å². The van der Waals surface area contributed by atoms with Gasteiger partial charge >= 0.3 is 11.9 Å². The second-order valence-corrected chi connectivity index (χ2v) is 6.23. The van der Waals surface area contributed by atoms with Crippen LogP contribution in [0, 0.1) is 13.8 Å². The summed E-state index contributed by atoms with van der Waals surface area (Å²) in [5.74, 6) is -0.356. The highest BCUT2D eigenvalue weighted by molar-refractivity contribution is 5.83. The van der Waals surface area contributed by atoms with Gasteiger partial charge in [-0.3, -0.25) is 0 Å². The molecule has 2 rings (SSSR count). The Morgan fingerprint density at radius 2 is 1.56 bits per heavy atom. The predicted octanol–water partition coefficient (Wildman–Crippen LogP) is 4.72. The van der Waals surface area contributed by atoms with Crippen LogP contribution in [-0.4, -0.2) is 18.5 Å². The van der Waals surface area contributed by atoms with Crippen LogP contribution in [0.25, 0.3) is 11.1 Å². The Labute approximate surface area is 160 Å². The molecule has 0 bridgehead atoms. The predicted molar refractivity (Wildman–Crippen MR) is 107 cm³/mol. The lowest BCUT2D eigenvalue weighted by molar-refractivity contribution is -0.137. The van der Waals surface area contributed by atoms with E-state index < -0.39 is 5.97 Å². The third-order valence-electron chi connectivity index (χ3n) is 4.18. The van der Waals surface area contributed by atoms with Crippen molar-refractivity contribution in [1.29, 1.82) is 0 Å². The van der Waals surface area contributed by atoms with E-state index in [2.05, 4.69) is 38.3 Å². The van der Waals surface area contributed by atoms with Crippen LogP contribution >= 0.6 is 0 Å². The van der Waals surface area contributed by atoms with Gasteiger partial charge in [0.15, 0.2) is 0 Å². The summed E-state index contributed by atoms with van der Waals surface area (Å²) in [5, 5.41) is 0. The van der Waals surface area contributed by atoms with E-state index in [4.69, 9.17) is 9.47 Å². The fraction of sp³-hybridized carbons (Fsp3) is 0.217. The fourth-order valence-electron chi connectivity index (χ4n) is 2.85. The zero-order chi connectivity index (χ0) is 19.8. The minimum absolute atomic E-state index is 0.385. The third kappa shape index (κ3) is 5.68. The first-order valence-electron chi connectivity index (χ1n) is 8.78. The number of hydrogen-bond donors (Lipinski definition) is 0. The molecule has 0 aromatic heterocycles. The maximum Gasteiger partial charge on any atom is 0.335 e. The molecule has 0 atom stereocenters. The van der Waals surface area contributed by atoms with Gasteiger partial charge in [0.05, 0.1) is 6.61 Å². The van der Waals surface area contributed by atoms with Crippen molar-refractivity contribution < 1.29 is 19.1 Å². The minimum Gasteiger partial charge on any atom is -0.463 e. The molecule has 2 aromatic carbocycles. The van der Waals surface area contributed by atoms with Crippen LogP contribution < -0.4 is 4.74 Å². The molecule has 0 saturated carbocycles. The van der Waals surface area contributed by atoms with Gasteiger partial charge in [-0.25, -0.2) is 9.59 Å². The molecule has 4 heteroatoms. The van der Waals surface area contributed by atoms with Crippen LogP contribution in [0.5, 0.6) is 5.75 Å². The van der Waals surface area contributed by atoms with E-state index >= 15 is 0 Å². The van der Waals surface area contributed by atoms with Crippen molar-refractivity contribution in [3.63, 3.8) is 0 Å². The Morgan fingerprint density at radius 3 is 2.15 bits per heavy atom. The minimum atomic E-state index is -0.471. The largest absolute Gasteiger partial charge is 0.463 e. The van der Waals surface area contributed by atoms with Crippen molar-refractivity contribution in [2.24, 2.45) is 0 Å².